The Bertz CT molecular complexity index is 1230. The fourth-order valence-electron chi connectivity index (χ4n) is 3.17. The number of aryl methyl sites for hydroxylation is 1. The molecule has 168 valence electrons. The van der Waals surface area contributed by atoms with Crippen molar-refractivity contribution < 1.29 is 25.8 Å². The van der Waals surface area contributed by atoms with Crippen molar-refractivity contribution in [3.05, 3.63) is 100 Å². The van der Waals surface area contributed by atoms with Gasteiger partial charge in [0.05, 0.1) is 11.6 Å². The molecule has 0 saturated heterocycles. The minimum Gasteiger partial charge on any atom is -0.376 e. The number of rotatable bonds is 6. The Labute approximate surface area is 188 Å². The van der Waals surface area contributed by atoms with Crippen LogP contribution in [0.4, 0.5) is 13.2 Å². The molecule has 0 saturated carbocycles. The third-order valence-electron chi connectivity index (χ3n) is 4.63. The van der Waals surface area contributed by atoms with Gasteiger partial charge in [-0.2, -0.15) is 26.7 Å². The smallest absolute Gasteiger partial charge is 0.376 e. The first kappa shape index (κ1) is 23.6. The Balaban J connectivity index is 2.05. The maximum Gasteiger partial charge on any atom is 0.534 e. The maximum atomic E-state index is 12.6. The van der Waals surface area contributed by atoms with Gasteiger partial charge in [0.25, 0.3) is 0 Å². The van der Waals surface area contributed by atoms with E-state index in [1.165, 1.54) is 12.1 Å². The monoisotopic (exact) mass is 482 g/mol. The van der Waals surface area contributed by atoms with Crippen LogP contribution in [0.15, 0.2) is 77.9 Å². The third-order valence-corrected chi connectivity index (χ3v) is 5.86. The molecule has 0 fully saturated rings. The topological polar surface area (TPSA) is 81.8 Å². The second kappa shape index (κ2) is 9.22. The van der Waals surface area contributed by atoms with Crippen molar-refractivity contribution in [1.82, 2.24) is 0 Å². The zero-order valence-corrected chi connectivity index (χ0v) is 18.2. The van der Waals surface area contributed by atoms with E-state index in [9.17, 15) is 21.6 Å². The normalized spacial score (nSPS) is 13.6. The molecular weight excluding hydrogens is 465 g/mol. The quantitative estimate of drug-likeness (QED) is 0.168. The summed E-state index contributed by atoms with van der Waals surface area (Å²) >= 11 is 6.01. The summed E-state index contributed by atoms with van der Waals surface area (Å²) in [4.78, 5) is 0. The first-order valence-electron chi connectivity index (χ1n) is 9.23. The van der Waals surface area contributed by atoms with E-state index in [4.69, 9.17) is 17.4 Å². The molecular formula is C22H18ClF3N2O3S. The second-order valence-electron chi connectivity index (χ2n) is 6.92. The summed E-state index contributed by atoms with van der Waals surface area (Å²) in [5, 5.41) is 4.52. The van der Waals surface area contributed by atoms with E-state index < -0.39 is 27.3 Å². The minimum atomic E-state index is -5.77. The van der Waals surface area contributed by atoms with Crippen molar-refractivity contribution in [2.24, 2.45) is 10.9 Å². The number of nitrogens with two attached hydrogens (primary N) is 1. The Kier molecular flexibility index (Phi) is 6.80. The molecule has 0 aliphatic carbocycles. The van der Waals surface area contributed by atoms with Crippen molar-refractivity contribution in [3.63, 3.8) is 0 Å². The Morgan fingerprint density at radius 1 is 1.00 bits per heavy atom. The molecule has 0 aromatic heterocycles. The molecule has 3 aromatic rings. The average molecular weight is 483 g/mol. The molecule has 0 amide bonds. The lowest BCUT2D eigenvalue weighted by Crippen LogP contribution is -2.28. The molecule has 32 heavy (non-hydrogen) atoms. The predicted octanol–water partition coefficient (Wildman–Crippen LogP) is 5.37. The van der Waals surface area contributed by atoms with Crippen LogP contribution in [0.5, 0.6) is 5.75 Å². The van der Waals surface area contributed by atoms with Gasteiger partial charge < -0.3 is 10.0 Å². The molecule has 0 aliphatic heterocycles. The Hall–Kier alpha value is -3.04. The molecule has 5 nitrogen and oxygen atoms in total. The summed E-state index contributed by atoms with van der Waals surface area (Å²) in [6.45, 7) is 1.92. The van der Waals surface area contributed by atoms with Crippen LogP contribution >= 0.6 is 11.6 Å². The molecule has 0 spiro atoms. The highest BCUT2D eigenvalue weighted by Crippen LogP contribution is 2.33. The van der Waals surface area contributed by atoms with Crippen molar-refractivity contribution in [1.29, 1.82) is 0 Å². The molecule has 10 heteroatoms. The van der Waals surface area contributed by atoms with Gasteiger partial charge in [0.1, 0.15) is 5.75 Å². The van der Waals surface area contributed by atoms with Gasteiger partial charge in [-0.25, -0.2) is 0 Å². The van der Waals surface area contributed by atoms with E-state index in [-0.39, 0.29) is 0 Å². The van der Waals surface area contributed by atoms with E-state index in [1.54, 1.807) is 24.3 Å². The maximum absolute atomic E-state index is 12.6. The largest absolute Gasteiger partial charge is 0.534 e. The summed E-state index contributed by atoms with van der Waals surface area (Å²) < 4.78 is 64.5. The summed E-state index contributed by atoms with van der Waals surface area (Å²) in [7, 11) is -5.77. The molecule has 0 heterocycles. The molecule has 1 atom stereocenters. The predicted molar refractivity (Wildman–Crippen MR) is 117 cm³/mol. The highest BCUT2D eigenvalue weighted by molar-refractivity contribution is 7.88. The lowest BCUT2D eigenvalue weighted by Gasteiger charge is -2.21. The number of halogens is 4. The standard InChI is InChI=1S/C22H18ClF3N2O3S/c1-14-3-2-4-17(13-14)21(28-27)20(15-5-9-18(23)10-6-15)16-7-11-19(12-8-16)31-32(29,30)22(24,25)26/h2-13,20H,27H2,1H3. The summed E-state index contributed by atoms with van der Waals surface area (Å²) in [6, 6.07) is 19.7. The fourth-order valence-corrected chi connectivity index (χ4v) is 3.76. The van der Waals surface area contributed by atoms with E-state index >= 15 is 0 Å². The van der Waals surface area contributed by atoms with E-state index in [0.717, 1.165) is 28.8 Å². The number of benzene rings is 3. The Morgan fingerprint density at radius 2 is 1.56 bits per heavy atom. The van der Waals surface area contributed by atoms with Crippen LogP contribution in [0, 0.1) is 6.92 Å². The molecule has 0 aliphatic rings. The average Bonchev–Trinajstić information content (AvgIpc) is 2.72. The zero-order valence-electron chi connectivity index (χ0n) is 16.7. The lowest BCUT2D eigenvalue weighted by atomic mass is 9.84. The first-order chi connectivity index (χ1) is 15.0. The number of nitrogens with zero attached hydrogens (tertiary/aromatic N) is 1. The SMILES string of the molecule is Cc1cccc(C(=NN)C(c2ccc(Cl)cc2)c2ccc(OS(=O)(=O)C(F)(F)F)cc2)c1. The number of hydrogen-bond acceptors (Lipinski definition) is 5. The zero-order chi connectivity index (χ0) is 23.5. The van der Waals surface area contributed by atoms with Crippen LogP contribution in [0.1, 0.15) is 28.2 Å². The van der Waals surface area contributed by atoms with Crippen molar-refractivity contribution in [2.75, 3.05) is 0 Å². The molecule has 2 N–H and O–H groups in total. The highest BCUT2D eigenvalue weighted by Gasteiger charge is 2.48. The summed E-state index contributed by atoms with van der Waals surface area (Å²) in [5.74, 6) is 4.78. The molecule has 1 unspecified atom stereocenters. The summed E-state index contributed by atoms with van der Waals surface area (Å²) in [5.41, 5.74) is -1.90. The molecule has 0 bridgehead atoms. The van der Waals surface area contributed by atoms with Crippen LogP contribution in [-0.4, -0.2) is 19.6 Å². The first-order valence-corrected chi connectivity index (χ1v) is 11.0. The molecule has 0 radical (unpaired) electrons. The van der Waals surface area contributed by atoms with Gasteiger partial charge in [-0.1, -0.05) is 65.7 Å². The van der Waals surface area contributed by atoms with Gasteiger partial charge in [-0.05, 0) is 47.9 Å². The summed E-state index contributed by atoms with van der Waals surface area (Å²) in [6.07, 6.45) is 0. The third kappa shape index (κ3) is 5.23. The molecule has 3 aromatic carbocycles. The van der Waals surface area contributed by atoms with Gasteiger partial charge in [0, 0.05) is 5.02 Å². The van der Waals surface area contributed by atoms with Crippen molar-refractivity contribution in [2.45, 2.75) is 18.3 Å². The van der Waals surface area contributed by atoms with Crippen LogP contribution < -0.4 is 10.0 Å². The van der Waals surface area contributed by atoms with Crippen molar-refractivity contribution >= 4 is 27.4 Å². The van der Waals surface area contributed by atoms with Gasteiger partial charge in [-0.3, -0.25) is 0 Å². The lowest BCUT2D eigenvalue weighted by molar-refractivity contribution is -0.0500. The molecule has 3 rings (SSSR count). The number of hydrazone groups is 1. The van der Waals surface area contributed by atoms with Crippen LogP contribution in [0.2, 0.25) is 5.02 Å². The second-order valence-corrected chi connectivity index (χ2v) is 8.89. The van der Waals surface area contributed by atoms with E-state index in [0.29, 0.717) is 16.3 Å². The van der Waals surface area contributed by atoms with E-state index in [2.05, 4.69) is 9.28 Å². The van der Waals surface area contributed by atoms with Gasteiger partial charge in [-0.15, -0.1) is 0 Å². The van der Waals surface area contributed by atoms with Crippen LogP contribution in [-0.2, 0) is 10.1 Å². The Morgan fingerprint density at radius 3 is 2.06 bits per heavy atom. The minimum absolute atomic E-state index is 0.470. The fraction of sp³-hybridized carbons (Fsp3) is 0.136. The van der Waals surface area contributed by atoms with Crippen molar-refractivity contribution in [3.8, 4) is 5.75 Å². The van der Waals surface area contributed by atoms with Gasteiger partial charge >= 0.3 is 15.6 Å². The highest BCUT2D eigenvalue weighted by atomic mass is 35.5. The van der Waals surface area contributed by atoms with E-state index in [1.807, 2.05) is 31.2 Å². The van der Waals surface area contributed by atoms with Crippen LogP contribution in [0.3, 0.4) is 0 Å². The number of hydrogen-bond donors (Lipinski definition) is 1. The number of alkyl halides is 3. The van der Waals surface area contributed by atoms with Gasteiger partial charge in [0.2, 0.25) is 0 Å². The van der Waals surface area contributed by atoms with Crippen LogP contribution in [0.25, 0.3) is 0 Å². The van der Waals surface area contributed by atoms with Gasteiger partial charge in [0.15, 0.2) is 0 Å².